The lowest BCUT2D eigenvalue weighted by Gasteiger charge is -1.96. The van der Waals surface area contributed by atoms with E-state index in [0.717, 1.165) is 6.26 Å². The molecule has 0 saturated carbocycles. The zero-order chi connectivity index (χ0) is 8.53. The molecule has 0 atom stereocenters. The SMILES string of the molecule is Cl.NCCOC=COC(=O)CN. The van der Waals surface area contributed by atoms with Gasteiger partial charge >= 0.3 is 5.97 Å². The molecule has 72 valence electrons. The van der Waals surface area contributed by atoms with Crippen molar-refractivity contribution >= 4 is 18.4 Å². The van der Waals surface area contributed by atoms with Crippen molar-refractivity contribution in [1.29, 1.82) is 0 Å². The predicted molar refractivity (Wildman–Crippen MR) is 46.5 cm³/mol. The van der Waals surface area contributed by atoms with Crippen LogP contribution in [0.3, 0.4) is 0 Å². The van der Waals surface area contributed by atoms with Crippen molar-refractivity contribution < 1.29 is 14.3 Å². The maximum absolute atomic E-state index is 10.4. The van der Waals surface area contributed by atoms with E-state index in [0.29, 0.717) is 13.2 Å². The Morgan fingerprint density at radius 2 is 2.00 bits per heavy atom. The molecule has 0 aromatic carbocycles. The average molecular weight is 197 g/mol. The largest absolute Gasteiger partial charge is 0.497 e. The summed E-state index contributed by atoms with van der Waals surface area (Å²) in [5.41, 5.74) is 10.1. The Bertz CT molecular complexity index is 141. The highest BCUT2D eigenvalue weighted by Crippen LogP contribution is 1.80. The summed E-state index contributed by atoms with van der Waals surface area (Å²) < 4.78 is 9.18. The summed E-state index contributed by atoms with van der Waals surface area (Å²) >= 11 is 0. The highest BCUT2D eigenvalue weighted by Gasteiger charge is 1.92. The molecule has 0 bridgehead atoms. The zero-order valence-corrected chi connectivity index (χ0v) is 7.38. The first-order chi connectivity index (χ1) is 5.31. The van der Waals surface area contributed by atoms with Crippen molar-refractivity contribution in [2.24, 2.45) is 11.5 Å². The third-order valence-corrected chi connectivity index (χ3v) is 0.754. The lowest BCUT2D eigenvalue weighted by molar-refractivity contribution is -0.136. The Hall–Kier alpha value is -0.780. The quantitative estimate of drug-likeness (QED) is 0.347. The molecule has 0 unspecified atom stereocenters. The number of esters is 1. The summed E-state index contributed by atoms with van der Waals surface area (Å²) in [4.78, 5) is 10.4. The molecular weight excluding hydrogens is 184 g/mol. The van der Waals surface area contributed by atoms with Gasteiger partial charge in [0.05, 0.1) is 13.2 Å². The van der Waals surface area contributed by atoms with E-state index in [4.69, 9.17) is 16.2 Å². The normalized spacial score (nSPS) is 9.17. The number of nitrogens with two attached hydrogens (primary N) is 2. The summed E-state index contributed by atoms with van der Waals surface area (Å²) in [6.45, 7) is 0.688. The van der Waals surface area contributed by atoms with Crippen LogP contribution in [0.15, 0.2) is 12.5 Å². The molecular formula is C6H13ClN2O3. The van der Waals surface area contributed by atoms with Gasteiger partial charge in [0.2, 0.25) is 0 Å². The molecule has 0 aliphatic carbocycles. The van der Waals surface area contributed by atoms with Gasteiger partial charge in [0.1, 0.15) is 12.5 Å². The first-order valence-electron chi connectivity index (χ1n) is 3.17. The topological polar surface area (TPSA) is 87.6 Å². The first kappa shape index (κ1) is 13.8. The third-order valence-electron chi connectivity index (χ3n) is 0.754. The van der Waals surface area contributed by atoms with Crippen molar-refractivity contribution in [3.8, 4) is 0 Å². The summed E-state index contributed by atoms with van der Waals surface area (Å²) in [6, 6.07) is 0. The van der Waals surface area contributed by atoms with Gasteiger partial charge in [0.25, 0.3) is 0 Å². The lowest BCUT2D eigenvalue weighted by Crippen LogP contribution is -2.14. The van der Waals surface area contributed by atoms with Crippen LogP contribution in [0.4, 0.5) is 0 Å². The fourth-order valence-corrected chi connectivity index (χ4v) is 0.327. The van der Waals surface area contributed by atoms with Gasteiger partial charge in [0.15, 0.2) is 0 Å². The Morgan fingerprint density at radius 1 is 1.33 bits per heavy atom. The van der Waals surface area contributed by atoms with Gasteiger partial charge in [-0.3, -0.25) is 4.79 Å². The van der Waals surface area contributed by atoms with E-state index in [2.05, 4.69) is 4.74 Å². The monoisotopic (exact) mass is 196 g/mol. The average Bonchev–Trinajstić information content (AvgIpc) is 2.04. The zero-order valence-electron chi connectivity index (χ0n) is 6.56. The van der Waals surface area contributed by atoms with Gasteiger partial charge in [-0.1, -0.05) is 0 Å². The van der Waals surface area contributed by atoms with Crippen LogP contribution >= 0.6 is 12.4 Å². The van der Waals surface area contributed by atoms with Crippen molar-refractivity contribution in [3.63, 3.8) is 0 Å². The molecule has 0 amide bonds. The molecule has 0 aliphatic rings. The summed E-state index contributed by atoms with van der Waals surface area (Å²) in [5.74, 6) is -0.502. The first-order valence-corrected chi connectivity index (χ1v) is 3.17. The minimum Gasteiger partial charge on any atom is -0.497 e. The maximum atomic E-state index is 10.4. The molecule has 4 N–H and O–H groups in total. The van der Waals surface area contributed by atoms with Gasteiger partial charge < -0.3 is 20.9 Å². The summed E-state index contributed by atoms with van der Waals surface area (Å²) in [6.07, 6.45) is 2.38. The Labute approximate surface area is 77.1 Å². The van der Waals surface area contributed by atoms with Crippen molar-refractivity contribution in [2.75, 3.05) is 19.7 Å². The lowest BCUT2D eigenvalue weighted by atomic mass is 10.7. The van der Waals surface area contributed by atoms with E-state index in [9.17, 15) is 4.79 Å². The van der Waals surface area contributed by atoms with Crippen LogP contribution in [0.25, 0.3) is 0 Å². The smallest absolute Gasteiger partial charge is 0.324 e. The Balaban J connectivity index is 0. The van der Waals surface area contributed by atoms with Gasteiger partial charge in [-0.2, -0.15) is 0 Å². The van der Waals surface area contributed by atoms with E-state index < -0.39 is 5.97 Å². The summed E-state index contributed by atoms with van der Waals surface area (Å²) in [5, 5.41) is 0. The number of halogens is 1. The molecule has 6 heteroatoms. The molecule has 0 heterocycles. The minimum atomic E-state index is -0.502. The maximum Gasteiger partial charge on any atom is 0.324 e. The van der Waals surface area contributed by atoms with Crippen LogP contribution < -0.4 is 11.5 Å². The summed E-state index contributed by atoms with van der Waals surface area (Å²) in [7, 11) is 0. The van der Waals surface area contributed by atoms with Crippen molar-refractivity contribution in [3.05, 3.63) is 12.5 Å². The molecule has 0 radical (unpaired) electrons. The van der Waals surface area contributed by atoms with Crippen LogP contribution in [0.2, 0.25) is 0 Å². The van der Waals surface area contributed by atoms with E-state index in [1.807, 2.05) is 0 Å². The number of carbonyl (C=O) groups excluding carboxylic acids is 1. The van der Waals surface area contributed by atoms with Gasteiger partial charge in [-0.05, 0) is 0 Å². The molecule has 0 saturated heterocycles. The number of rotatable bonds is 5. The molecule has 0 rings (SSSR count). The van der Waals surface area contributed by atoms with Crippen LogP contribution in [-0.2, 0) is 14.3 Å². The highest BCUT2D eigenvalue weighted by atomic mass is 35.5. The van der Waals surface area contributed by atoms with E-state index >= 15 is 0 Å². The second-order valence-electron chi connectivity index (χ2n) is 1.63. The van der Waals surface area contributed by atoms with E-state index in [1.54, 1.807) is 0 Å². The van der Waals surface area contributed by atoms with Crippen molar-refractivity contribution in [2.45, 2.75) is 0 Å². The number of carbonyl (C=O) groups is 1. The molecule has 0 aliphatic heterocycles. The minimum absolute atomic E-state index is 0. The molecule has 5 nitrogen and oxygen atoms in total. The van der Waals surface area contributed by atoms with Gasteiger partial charge in [-0.15, -0.1) is 12.4 Å². The number of hydrogen-bond donors (Lipinski definition) is 2. The van der Waals surface area contributed by atoms with Crippen LogP contribution in [0.5, 0.6) is 0 Å². The number of ether oxygens (including phenoxy) is 2. The standard InChI is InChI=1S/C6H12N2O3.ClH/c7-1-2-10-3-4-11-6(9)5-8;/h3-4H,1-2,5,7-8H2;1H. The van der Waals surface area contributed by atoms with Gasteiger partial charge in [-0.25, -0.2) is 0 Å². The van der Waals surface area contributed by atoms with E-state index in [-0.39, 0.29) is 19.0 Å². The van der Waals surface area contributed by atoms with E-state index in [1.165, 1.54) is 6.26 Å². The van der Waals surface area contributed by atoms with Crippen LogP contribution in [-0.4, -0.2) is 25.7 Å². The molecule has 0 aromatic rings. The Kier molecular flexibility index (Phi) is 11.7. The number of hydrogen-bond acceptors (Lipinski definition) is 5. The fraction of sp³-hybridized carbons (Fsp3) is 0.500. The molecule has 0 spiro atoms. The molecule has 0 aromatic heterocycles. The van der Waals surface area contributed by atoms with Crippen LogP contribution in [0.1, 0.15) is 0 Å². The highest BCUT2D eigenvalue weighted by molar-refractivity contribution is 5.85. The Morgan fingerprint density at radius 3 is 2.50 bits per heavy atom. The second kappa shape index (κ2) is 10.2. The van der Waals surface area contributed by atoms with Gasteiger partial charge in [0, 0.05) is 6.54 Å². The molecule has 12 heavy (non-hydrogen) atoms. The second-order valence-corrected chi connectivity index (χ2v) is 1.63. The molecule has 0 fully saturated rings. The third kappa shape index (κ3) is 9.22. The van der Waals surface area contributed by atoms with Crippen molar-refractivity contribution in [1.82, 2.24) is 0 Å². The fourth-order valence-electron chi connectivity index (χ4n) is 0.327. The van der Waals surface area contributed by atoms with Crippen LogP contribution in [0, 0.1) is 0 Å². The predicted octanol–water partition coefficient (Wildman–Crippen LogP) is -0.643.